The van der Waals surface area contributed by atoms with E-state index in [9.17, 15) is 9.59 Å². The largest absolute Gasteiger partial charge is 0.508 e. The van der Waals surface area contributed by atoms with Gasteiger partial charge in [-0.3, -0.25) is 9.59 Å². The van der Waals surface area contributed by atoms with Crippen LogP contribution in [0.25, 0.3) is 0 Å². The number of carboxylic acid groups (broad SMARTS) is 2. The lowest BCUT2D eigenvalue weighted by Gasteiger charge is -1.98. The summed E-state index contributed by atoms with van der Waals surface area (Å²) < 4.78 is 0. The minimum absolute atomic E-state index is 0.0880. The number of hydrogen-bond acceptors (Lipinski definition) is 4. The Bertz CT molecular complexity index is 514. The summed E-state index contributed by atoms with van der Waals surface area (Å²) in [4.78, 5) is 20.3. The van der Waals surface area contributed by atoms with Crippen LogP contribution in [0.4, 0.5) is 0 Å². The molecule has 0 unspecified atom stereocenters. The van der Waals surface area contributed by atoms with Crippen molar-refractivity contribution in [3.05, 3.63) is 24.3 Å². The van der Waals surface area contributed by atoms with Gasteiger partial charge in [0.2, 0.25) is 0 Å². The van der Waals surface area contributed by atoms with Gasteiger partial charge in [-0.05, 0) is 25.0 Å². The Morgan fingerprint density at radius 3 is 1.16 bits per heavy atom. The van der Waals surface area contributed by atoms with E-state index in [1.165, 1.54) is 82.4 Å². The fraction of sp³-hybridized carbons (Fsp3) is 0.692. The van der Waals surface area contributed by atoms with Crippen molar-refractivity contribution in [1.29, 1.82) is 0 Å². The fourth-order valence-corrected chi connectivity index (χ4v) is 2.96. The zero-order chi connectivity index (χ0) is 24.5. The molecule has 0 saturated carbocycles. The molecule has 0 heterocycles. The van der Waals surface area contributed by atoms with Gasteiger partial charge < -0.3 is 20.4 Å². The van der Waals surface area contributed by atoms with Crippen LogP contribution in [0.2, 0.25) is 0 Å². The summed E-state index contributed by atoms with van der Waals surface area (Å²) in [5, 5.41) is 34.0. The first-order valence-electron chi connectivity index (χ1n) is 12.2. The molecule has 0 radical (unpaired) electrons. The van der Waals surface area contributed by atoms with Crippen LogP contribution in [0.15, 0.2) is 24.3 Å². The fourth-order valence-electron chi connectivity index (χ4n) is 2.96. The lowest BCUT2D eigenvalue weighted by Crippen LogP contribution is -1.93. The van der Waals surface area contributed by atoms with Gasteiger partial charge in [0, 0.05) is 18.9 Å². The first-order valence-corrected chi connectivity index (χ1v) is 12.2. The lowest BCUT2D eigenvalue weighted by atomic mass is 10.1. The van der Waals surface area contributed by atoms with Crippen LogP contribution in [-0.4, -0.2) is 32.4 Å². The Labute approximate surface area is 194 Å². The number of hydrogen-bond donors (Lipinski definition) is 4. The van der Waals surface area contributed by atoms with Crippen molar-refractivity contribution in [1.82, 2.24) is 0 Å². The average molecular weight is 455 g/mol. The van der Waals surface area contributed by atoms with E-state index in [0.29, 0.717) is 12.8 Å². The van der Waals surface area contributed by atoms with Crippen LogP contribution in [0.5, 0.6) is 11.5 Å². The zero-order valence-corrected chi connectivity index (χ0v) is 20.2. The van der Waals surface area contributed by atoms with Gasteiger partial charge in [0.1, 0.15) is 11.5 Å². The summed E-state index contributed by atoms with van der Waals surface area (Å²) in [6.45, 7) is 4.40. The second kappa shape index (κ2) is 25.0. The molecule has 6 heteroatoms. The molecule has 0 spiro atoms. The molecule has 0 fully saturated rings. The maximum atomic E-state index is 10.1. The molecule has 0 aromatic heterocycles. The standard InChI is InChI=1S/2C10H20O2.C6H6O2/c2*1-2-3-4-5-6-7-8-9-10(11)12;7-5-2-1-3-6(8)4-5/h2*2-9H2,1H3,(H,11,12);1-4,7-8H. The highest BCUT2D eigenvalue weighted by molar-refractivity contribution is 5.66. The molecular weight excluding hydrogens is 408 g/mol. The number of aromatic hydroxyl groups is 2. The number of benzene rings is 1. The molecule has 186 valence electrons. The third-order valence-corrected chi connectivity index (χ3v) is 4.82. The second-order valence-electron chi connectivity index (χ2n) is 8.05. The van der Waals surface area contributed by atoms with E-state index in [2.05, 4.69) is 13.8 Å². The normalized spacial score (nSPS) is 9.81. The summed E-state index contributed by atoms with van der Waals surface area (Å²) in [6.07, 6.45) is 17.3. The molecule has 0 amide bonds. The van der Waals surface area contributed by atoms with Gasteiger partial charge in [-0.15, -0.1) is 0 Å². The first-order chi connectivity index (χ1) is 15.3. The van der Waals surface area contributed by atoms with E-state index in [4.69, 9.17) is 20.4 Å². The van der Waals surface area contributed by atoms with Crippen LogP contribution in [0.3, 0.4) is 0 Å². The number of unbranched alkanes of at least 4 members (excludes halogenated alkanes) is 12. The van der Waals surface area contributed by atoms with Gasteiger partial charge >= 0.3 is 11.9 Å². The van der Waals surface area contributed by atoms with Gasteiger partial charge in [-0.1, -0.05) is 97.0 Å². The van der Waals surface area contributed by atoms with Crippen molar-refractivity contribution < 1.29 is 30.0 Å². The van der Waals surface area contributed by atoms with Gasteiger partial charge in [0.15, 0.2) is 0 Å². The molecular formula is C26H46O6. The molecule has 0 aliphatic heterocycles. The van der Waals surface area contributed by atoms with Gasteiger partial charge in [-0.2, -0.15) is 0 Å². The minimum Gasteiger partial charge on any atom is -0.508 e. The predicted molar refractivity (Wildman–Crippen MR) is 130 cm³/mol. The third-order valence-electron chi connectivity index (χ3n) is 4.82. The Morgan fingerprint density at radius 1 is 0.594 bits per heavy atom. The monoisotopic (exact) mass is 454 g/mol. The summed E-state index contributed by atoms with van der Waals surface area (Å²) in [6, 6.07) is 5.85. The molecule has 32 heavy (non-hydrogen) atoms. The topological polar surface area (TPSA) is 115 Å². The quantitative estimate of drug-likeness (QED) is 0.192. The number of carboxylic acids is 2. The highest BCUT2D eigenvalue weighted by Crippen LogP contribution is 2.15. The number of carbonyl (C=O) groups is 2. The number of aliphatic carboxylic acids is 2. The van der Waals surface area contributed by atoms with Crippen LogP contribution < -0.4 is 0 Å². The molecule has 0 aliphatic carbocycles. The van der Waals surface area contributed by atoms with Crippen LogP contribution in [-0.2, 0) is 9.59 Å². The Balaban J connectivity index is 0. The summed E-state index contributed by atoms with van der Waals surface area (Å²) >= 11 is 0. The van der Waals surface area contributed by atoms with Crippen LogP contribution >= 0.6 is 0 Å². The SMILES string of the molecule is CCCCCCCCCC(=O)O.CCCCCCCCCC(=O)O.Oc1cccc(O)c1. The van der Waals surface area contributed by atoms with Crippen LogP contribution in [0.1, 0.15) is 117 Å². The molecule has 1 rings (SSSR count). The Hall–Kier alpha value is -2.24. The Morgan fingerprint density at radius 2 is 0.906 bits per heavy atom. The maximum Gasteiger partial charge on any atom is 0.303 e. The maximum absolute atomic E-state index is 10.1. The summed E-state index contributed by atoms with van der Waals surface area (Å²) in [5.74, 6) is -1.15. The van der Waals surface area contributed by atoms with Crippen molar-refractivity contribution in [2.45, 2.75) is 117 Å². The van der Waals surface area contributed by atoms with E-state index < -0.39 is 11.9 Å². The molecule has 4 N–H and O–H groups in total. The van der Waals surface area contributed by atoms with Crippen molar-refractivity contribution in [2.24, 2.45) is 0 Å². The van der Waals surface area contributed by atoms with Crippen molar-refractivity contribution in [2.75, 3.05) is 0 Å². The molecule has 6 nitrogen and oxygen atoms in total. The van der Waals surface area contributed by atoms with Gasteiger partial charge in [0.05, 0.1) is 0 Å². The van der Waals surface area contributed by atoms with Crippen molar-refractivity contribution in [3.63, 3.8) is 0 Å². The molecule has 0 saturated heterocycles. The first kappa shape index (κ1) is 31.9. The van der Waals surface area contributed by atoms with E-state index in [1.807, 2.05) is 0 Å². The average Bonchev–Trinajstić information content (AvgIpc) is 2.73. The molecule has 1 aromatic rings. The van der Waals surface area contributed by atoms with E-state index in [-0.39, 0.29) is 11.5 Å². The van der Waals surface area contributed by atoms with E-state index in [1.54, 1.807) is 6.07 Å². The second-order valence-corrected chi connectivity index (χ2v) is 8.05. The Kier molecular flexibility index (Phi) is 25.0. The van der Waals surface area contributed by atoms with Gasteiger partial charge in [0.25, 0.3) is 0 Å². The van der Waals surface area contributed by atoms with Crippen LogP contribution in [0, 0.1) is 0 Å². The summed E-state index contributed by atoms with van der Waals surface area (Å²) in [5.41, 5.74) is 0. The van der Waals surface area contributed by atoms with Crippen molar-refractivity contribution >= 4 is 11.9 Å². The van der Waals surface area contributed by atoms with Gasteiger partial charge in [-0.25, -0.2) is 0 Å². The number of phenolic OH excluding ortho intramolecular Hbond substituents is 2. The highest BCUT2D eigenvalue weighted by atomic mass is 16.4. The molecule has 1 aromatic carbocycles. The molecule has 0 bridgehead atoms. The zero-order valence-electron chi connectivity index (χ0n) is 20.2. The highest BCUT2D eigenvalue weighted by Gasteiger charge is 1.96. The van der Waals surface area contributed by atoms with Crippen molar-refractivity contribution in [3.8, 4) is 11.5 Å². The smallest absolute Gasteiger partial charge is 0.303 e. The lowest BCUT2D eigenvalue weighted by molar-refractivity contribution is -0.138. The molecule has 0 atom stereocenters. The predicted octanol–water partition coefficient (Wildman–Crippen LogP) is 7.52. The summed E-state index contributed by atoms with van der Waals surface area (Å²) in [7, 11) is 0. The third kappa shape index (κ3) is 30.0. The minimum atomic E-state index is -0.663. The molecule has 0 aliphatic rings. The number of phenols is 2. The van der Waals surface area contributed by atoms with E-state index in [0.717, 1.165) is 25.7 Å². The number of rotatable bonds is 16. The van der Waals surface area contributed by atoms with E-state index >= 15 is 0 Å².